The molecular formula is C5H6Br2O2. The van der Waals surface area contributed by atoms with Crippen LogP contribution in [0.25, 0.3) is 0 Å². The van der Waals surface area contributed by atoms with Crippen molar-refractivity contribution >= 4 is 37.8 Å². The third-order valence-corrected chi connectivity index (χ3v) is 2.75. The first-order valence-corrected chi connectivity index (χ1v) is 4.16. The Balaban J connectivity index is 2.28. The normalized spacial score (nSPS) is 29.4. The van der Waals surface area contributed by atoms with E-state index in [1.54, 1.807) is 0 Å². The van der Waals surface area contributed by atoms with Crippen molar-refractivity contribution in [2.24, 2.45) is 0 Å². The standard InChI is InChI=1S/C5H6Br2O2/c1-3(8)9-4-2-5(4,6)7/h4H,2H2,1H3/t4-/m1/s1. The van der Waals surface area contributed by atoms with Crippen molar-refractivity contribution in [1.29, 1.82) is 0 Å². The summed E-state index contributed by atoms with van der Waals surface area (Å²) in [5.74, 6) is -0.222. The number of halogens is 2. The number of hydrogen-bond donors (Lipinski definition) is 0. The van der Waals surface area contributed by atoms with Crippen LogP contribution in [0, 0.1) is 0 Å². The molecule has 1 aliphatic rings. The van der Waals surface area contributed by atoms with E-state index >= 15 is 0 Å². The highest BCUT2D eigenvalue weighted by Crippen LogP contribution is 2.52. The number of alkyl halides is 2. The van der Waals surface area contributed by atoms with Gasteiger partial charge in [-0.25, -0.2) is 0 Å². The molecule has 2 nitrogen and oxygen atoms in total. The third-order valence-electron chi connectivity index (χ3n) is 1.08. The second-order valence-corrected chi connectivity index (χ2v) is 5.96. The summed E-state index contributed by atoms with van der Waals surface area (Å²) in [5, 5.41) is 0. The maximum absolute atomic E-state index is 10.3. The predicted octanol–water partition coefficient (Wildman–Crippen LogP) is 1.81. The van der Waals surface area contributed by atoms with Gasteiger partial charge in [-0.1, -0.05) is 31.9 Å². The van der Waals surface area contributed by atoms with E-state index in [1.165, 1.54) is 6.92 Å². The average Bonchev–Trinajstić information content (AvgIpc) is 2.10. The summed E-state index contributed by atoms with van der Waals surface area (Å²) >= 11 is 6.64. The topological polar surface area (TPSA) is 26.3 Å². The van der Waals surface area contributed by atoms with Gasteiger partial charge in [0.1, 0.15) is 9.34 Å². The zero-order chi connectivity index (χ0) is 7.07. The van der Waals surface area contributed by atoms with Crippen molar-refractivity contribution in [1.82, 2.24) is 0 Å². The van der Waals surface area contributed by atoms with Crippen LogP contribution in [-0.4, -0.2) is 15.3 Å². The first-order valence-electron chi connectivity index (χ1n) is 2.57. The maximum atomic E-state index is 10.3. The van der Waals surface area contributed by atoms with Crippen molar-refractivity contribution in [3.05, 3.63) is 0 Å². The van der Waals surface area contributed by atoms with Gasteiger partial charge >= 0.3 is 5.97 Å². The molecule has 4 heteroatoms. The predicted molar refractivity (Wildman–Crippen MR) is 40.8 cm³/mol. The fourth-order valence-corrected chi connectivity index (χ4v) is 1.29. The molecule has 0 aromatic heterocycles. The second kappa shape index (κ2) is 2.23. The summed E-state index contributed by atoms with van der Waals surface area (Å²) in [4.78, 5) is 10.3. The van der Waals surface area contributed by atoms with E-state index in [2.05, 4.69) is 31.9 Å². The number of carbonyl (C=O) groups excluding carboxylic acids is 1. The van der Waals surface area contributed by atoms with Gasteiger partial charge in [0.2, 0.25) is 0 Å². The Kier molecular flexibility index (Phi) is 1.87. The minimum absolute atomic E-state index is 0.0231. The molecule has 0 radical (unpaired) electrons. The highest BCUT2D eigenvalue weighted by atomic mass is 79.9. The van der Waals surface area contributed by atoms with E-state index in [4.69, 9.17) is 4.74 Å². The lowest BCUT2D eigenvalue weighted by molar-refractivity contribution is -0.142. The van der Waals surface area contributed by atoms with Crippen molar-refractivity contribution in [3.63, 3.8) is 0 Å². The summed E-state index contributed by atoms with van der Waals surface area (Å²) in [6.45, 7) is 1.41. The molecule has 0 unspecified atom stereocenters. The van der Waals surface area contributed by atoms with Crippen molar-refractivity contribution in [3.8, 4) is 0 Å². The highest BCUT2D eigenvalue weighted by molar-refractivity contribution is 9.25. The first-order chi connectivity index (χ1) is 4.02. The van der Waals surface area contributed by atoms with Gasteiger partial charge in [-0.2, -0.15) is 0 Å². The molecule has 0 aliphatic heterocycles. The molecule has 1 aliphatic carbocycles. The molecule has 0 heterocycles. The van der Waals surface area contributed by atoms with Crippen LogP contribution < -0.4 is 0 Å². The van der Waals surface area contributed by atoms with E-state index in [9.17, 15) is 4.79 Å². The third kappa shape index (κ3) is 1.93. The molecule has 1 saturated carbocycles. The largest absolute Gasteiger partial charge is 0.460 e. The number of carbonyl (C=O) groups is 1. The summed E-state index contributed by atoms with van der Waals surface area (Å²) in [6.07, 6.45) is 0.877. The van der Waals surface area contributed by atoms with Crippen molar-refractivity contribution < 1.29 is 9.53 Å². The van der Waals surface area contributed by atoms with Gasteiger partial charge in [0, 0.05) is 13.3 Å². The molecule has 0 aromatic carbocycles. The number of ether oxygens (including phenoxy) is 1. The van der Waals surface area contributed by atoms with Gasteiger partial charge in [-0.15, -0.1) is 0 Å². The van der Waals surface area contributed by atoms with Crippen LogP contribution in [0.1, 0.15) is 13.3 Å². The van der Waals surface area contributed by atoms with Gasteiger partial charge < -0.3 is 4.74 Å². The lowest BCUT2D eigenvalue weighted by Gasteiger charge is -1.98. The lowest BCUT2D eigenvalue weighted by atomic mass is 10.7. The molecule has 0 saturated heterocycles. The van der Waals surface area contributed by atoms with Crippen LogP contribution in [0.5, 0.6) is 0 Å². The summed E-state index contributed by atoms with van der Waals surface area (Å²) < 4.78 is 4.72. The zero-order valence-electron chi connectivity index (χ0n) is 4.86. The Bertz CT molecular complexity index is 144. The minimum atomic E-state index is -0.222. The Morgan fingerprint density at radius 1 is 1.78 bits per heavy atom. The Labute approximate surface area is 70.2 Å². The molecule has 9 heavy (non-hydrogen) atoms. The molecule has 0 bridgehead atoms. The molecule has 0 N–H and O–H groups in total. The first kappa shape index (κ1) is 7.54. The van der Waals surface area contributed by atoms with Gasteiger partial charge in [0.05, 0.1) is 0 Å². The van der Waals surface area contributed by atoms with Crippen LogP contribution >= 0.6 is 31.9 Å². The minimum Gasteiger partial charge on any atom is -0.460 e. The van der Waals surface area contributed by atoms with E-state index in [0.29, 0.717) is 0 Å². The van der Waals surface area contributed by atoms with E-state index in [1.807, 2.05) is 0 Å². The molecule has 0 aromatic rings. The van der Waals surface area contributed by atoms with Gasteiger partial charge in [0.25, 0.3) is 0 Å². The smallest absolute Gasteiger partial charge is 0.302 e. The van der Waals surface area contributed by atoms with E-state index in [-0.39, 0.29) is 15.3 Å². The second-order valence-electron chi connectivity index (χ2n) is 2.06. The quantitative estimate of drug-likeness (QED) is 0.529. The highest BCUT2D eigenvalue weighted by Gasteiger charge is 2.53. The monoisotopic (exact) mass is 256 g/mol. The van der Waals surface area contributed by atoms with Crippen LogP contribution in [0.2, 0.25) is 0 Å². The maximum Gasteiger partial charge on any atom is 0.302 e. The Morgan fingerprint density at radius 2 is 2.22 bits per heavy atom. The van der Waals surface area contributed by atoms with Crippen LogP contribution in [0.15, 0.2) is 0 Å². The number of rotatable bonds is 1. The van der Waals surface area contributed by atoms with Gasteiger partial charge in [-0.3, -0.25) is 4.79 Å². The molecule has 1 atom stereocenters. The van der Waals surface area contributed by atoms with Crippen LogP contribution in [0.3, 0.4) is 0 Å². The van der Waals surface area contributed by atoms with E-state index in [0.717, 1.165) is 6.42 Å². The van der Waals surface area contributed by atoms with Crippen molar-refractivity contribution in [2.45, 2.75) is 22.7 Å². The fourth-order valence-electron chi connectivity index (χ4n) is 0.516. The Morgan fingerprint density at radius 3 is 2.33 bits per heavy atom. The Hall–Kier alpha value is 0.430. The molecular weight excluding hydrogens is 252 g/mol. The molecule has 52 valence electrons. The molecule has 0 spiro atoms. The van der Waals surface area contributed by atoms with Crippen LogP contribution in [-0.2, 0) is 9.53 Å². The number of hydrogen-bond acceptors (Lipinski definition) is 2. The zero-order valence-corrected chi connectivity index (χ0v) is 8.03. The molecule has 0 amide bonds. The fraction of sp³-hybridized carbons (Fsp3) is 0.800. The average molecular weight is 258 g/mol. The summed E-state index contributed by atoms with van der Waals surface area (Å²) in [5.41, 5.74) is 0. The van der Waals surface area contributed by atoms with Crippen LogP contribution in [0.4, 0.5) is 0 Å². The molecule has 1 rings (SSSR count). The van der Waals surface area contributed by atoms with E-state index < -0.39 is 0 Å². The van der Waals surface area contributed by atoms with Gasteiger partial charge in [0.15, 0.2) is 0 Å². The lowest BCUT2D eigenvalue weighted by Crippen LogP contribution is -2.05. The van der Waals surface area contributed by atoms with Crippen molar-refractivity contribution in [2.75, 3.05) is 0 Å². The molecule has 1 fully saturated rings. The van der Waals surface area contributed by atoms with Gasteiger partial charge in [-0.05, 0) is 0 Å². The summed E-state index contributed by atoms with van der Waals surface area (Å²) in [7, 11) is 0. The number of esters is 1. The SMILES string of the molecule is CC(=O)O[C@@H]1CC1(Br)Br. The summed E-state index contributed by atoms with van der Waals surface area (Å²) in [6, 6.07) is 0.